The number of benzene rings is 1. The Labute approximate surface area is 119 Å². The monoisotopic (exact) mass is 287 g/mol. The van der Waals surface area contributed by atoms with Gasteiger partial charge in [0.15, 0.2) is 0 Å². The number of carbonyl (C=O) groups is 2. The van der Waals surface area contributed by atoms with Crippen LogP contribution in [0.25, 0.3) is 0 Å². The number of rotatable bonds is 5. The van der Waals surface area contributed by atoms with E-state index in [0.717, 1.165) is 11.8 Å². The third-order valence-electron chi connectivity index (χ3n) is 2.80. The molecule has 0 atom stereocenters. The van der Waals surface area contributed by atoms with Gasteiger partial charge in [-0.2, -0.15) is 0 Å². The standard InChI is InChI=1S/C14H13N3O4/c18-12-8-15-11(7-16-12)14(21)17-6-10-4-2-1-3-9(10)5-13(19)20/h1-4,7-8H,5-6H2,(H,16,18)(H,17,21)(H,19,20). The summed E-state index contributed by atoms with van der Waals surface area (Å²) >= 11 is 0. The average molecular weight is 287 g/mol. The molecule has 0 aliphatic rings. The lowest BCUT2D eigenvalue weighted by atomic mass is 10.0. The zero-order valence-corrected chi connectivity index (χ0v) is 11.0. The number of aromatic amines is 1. The van der Waals surface area contributed by atoms with E-state index in [-0.39, 0.29) is 18.7 Å². The fourth-order valence-electron chi connectivity index (χ4n) is 1.80. The van der Waals surface area contributed by atoms with Crippen molar-refractivity contribution in [2.75, 3.05) is 0 Å². The molecule has 7 nitrogen and oxygen atoms in total. The van der Waals surface area contributed by atoms with E-state index in [1.807, 2.05) is 0 Å². The minimum atomic E-state index is -0.934. The van der Waals surface area contributed by atoms with Gasteiger partial charge in [0.05, 0.1) is 12.6 Å². The first-order valence-corrected chi connectivity index (χ1v) is 6.18. The maximum atomic E-state index is 11.9. The molecule has 1 aromatic carbocycles. The van der Waals surface area contributed by atoms with Gasteiger partial charge in [-0.15, -0.1) is 0 Å². The van der Waals surface area contributed by atoms with Crippen LogP contribution in [-0.4, -0.2) is 27.0 Å². The number of aromatic nitrogens is 2. The Bertz CT molecular complexity index is 704. The molecule has 0 aliphatic carbocycles. The normalized spacial score (nSPS) is 10.1. The predicted octanol–water partition coefficient (Wildman–Crippen LogP) is 0.327. The lowest BCUT2D eigenvalue weighted by Gasteiger charge is -2.09. The Kier molecular flexibility index (Phi) is 4.45. The third-order valence-corrected chi connectivity index (χ3v) is 2.80. The summed E-state index contributed by atoms with van der Waals surface area (Å²) < 4.78 is 0. The zero-order chi connectivity index (χ0) is 15.2. The van der Waals surface area contributed by atoms with Gasteiger partial charge in [-0.3, -0.25) is 14.4 Å². The molecule has 0 saturated heterocycles. The van der Waals surface area contributed by atoms with Crippen molar-refractivity contribution < 1.29 is 14.7 Å². The number of hydrogen-bond donors (Lipinski definition) is 3. The molecule has 0 fully saturated rings. The molecule has 1 aromatic heterocycles. The highest BCUT2D eigenvalue weighted by molar-refractivity contribution is 5.91. The summed E-state index contributed by atoms with van der Waals surface area (Å²) in [5.41, 5.74) is 1.06. The molecule has 7 heteroatoms. The first-order chi connectivity index (χ1) is 10.1. The van der Waals surface area contributed by atoms with Gasteiger partial charge < -0.3 is 15.4 Å². The predicted molar refractivity (Wildman–Crippen MR) is 73.8 cm³/mol. The maximum Gasteiger partial charge on any atom is 0.307 e. The molecular formula is C14H13N3O4. The second-order valence-corrected chi connectivity index (χ2v) is 4.32. The van der Waals surface area contributed by atoms with Crippen molar-refractivity contribution in [2.24, 2.45) is 0 Å². The molecule has 0 unspecified atom stereocenters. The summed E-state index contributed by atoms with van der Waals surface area (Å²) in [7, 11) is 0. The quantitative estimate of drug-likeness (QED) is 0.733. The Morgan fingerprint density at radius 2 is 1.95 bits per heavy atom. The molecule has 2 aromatic rings. The van der Waals surface area contributed by atoms with Gasteiger partial charge >= 0.3 is 5.97 Å². The molecule has 0 radical (unpaired) electrons. The van der Waals surface area contributed by atoms with Crippen LogP contribution in [0.4, 0.5) is 0 Å². The van der Waals surface area contributed by atoms with Gasteiger partial charge in [-0.05, 0) is 11.1 Å². The molecule has 2 rings (SSSR count). The van der Waals surface area contributed by atoms with E-state index in [0.29, 0.717) is 5.56 Å². The summed E-state index contributed by atoms with van der Waals surface area (Å²) in [5, 5.41) is 11.5. The van der Waals surface area contributed by atoms with Crippen LogP contribution in [-0.2, 0) is 17.8 Å². The van der Waals surface area contributed by atoms with Crippen molar-refractivity contribution in [3.8, 4) is 0 Å². The molecule has 1 heterocycles. The second-order valence-electron chi connectivity index (χ2n) is 4.32. The number of nitrogens with zero attached hydrogens (tertiary/aromatic N) is 1. The van der Waals surface area contributed by atoms with Crippen molar-refractivity contribution in [3.63, 3.8) is 0 Å². The Morgan fingerprint density at radius 1 is 1.24 bits per heavy atom. The average Bonchev–Trinajstić information content (AvgIpc) is 2.46. The fourth-order valence-corrected chi connectivity index (χ4v) is 1.80. The number of aliphatic carboxylic acids is 1. The molecule has 0 aliphatic heterocycles. The number of hydrogen-bond acceptors (Lipinski definition) is 4. The molecule has 0 bridgehead atoms. The van der Waals surface area contributed by atoms with E-state index in [9.17, 15) is 14.4 Å². The van der Waals surface area contributed by atoms with Gasteiger partial charge in [0.2, 0.25) is 0 Å². The molecule has 0 spiro atoms. The summed E-state index contributed by atoms with van der Waals surface area (Å²) in [4.78, 5) is 39.6. The summed E-state index contributed by atoms with van der Waals surface area (Å²) in [5.74, 6) is -1.38. The van der Waals surface area contributed by atoms with Crippen LogP contribution in [0.1, 0.15) is 21.6 Å². The minimum Gasteiger partial charge on any atom is -0.481 e. The van der Waals surface area contributed by atoms with Crippen molar-refractivity contribution in [1.29, 1.82) is 0 Å². The number of carboxylic acid groups (broad SMARTS) is 1. The van der Waals surface area contributed by atoms with E-state index in [1.165, 1.54) is 6.20 Å². The first-order valence-electron chi connectivity index (χ1n) is 6.18. The third kappa shape index (κ3) is 4.00. The lowest BCUT2D eigenvalue weighted by molar-refractivity contribution is -0.136. The highest BCUT2D eigenvalue weighted by Gasteiger charge is 2.10. The van der Waals surface area contributed by atoms with Crippen LogP contribution in [0.15, 0.2) is 41.5 Å². The van der Waals surface area contributed by atoms with Gasteiger partial charge in [-0.1, -0.05) is 24.3 Å². The summed E-state index contributed by atoms with van der Waals surface area (Å²) in [6.45, 7) is 0.184. The van der Waals surface area contributed by atoms with Gasteiger partial charge in [-0.25, -0.2) is 4.98 Å². The summed E-state index contributed by atoms with van der Waals surface area (Å²) in [6, 6.07) is 6.96. The van der Waals surface area contributed by atoms with Crippen LogP contribution in [0.3, 0.4) is 0 Å². The van der Waals surface area contributed by atoms with Gasteiger partial charge in [0.25, 0.3) is 11.5 Å². The minimum absolute atomic E-state index is 0.0883. The van der Waals surface area contributed by atoms with E-state index >= 15 is 0 Å². The second kappa shape index (κ2) is 6.47. The Hall–Kier alpha value is -2.96. The van der Waals surface area contributed by atoms with Crippen LogP contribution in [0, 0.1) is 0 Å². The number of H-pyrrole nitrogens is 1. The van der Waals surface area contributed by atoms with Crippen LogP contribution >= 0.6 is 0 Å². The van der Waals surface area contributed by atoms with Crippen molar-refractivity contribution in [3.05, 3.63) is 63.8 Å². The van der Waals surface area contributed by atoms with Crippen molar-refractivity contribution in [2.45, 2.75) is 13.0 Å². The van der Waals surface area contributed by atoms with Crippen molar-refractivity contribution in [1.82, 2.24) is 15.3 Å². The van der Waals surface area contributed by atoms with Crippen LogP contribution in [0.5, 0.6) is 0 Å². The Morgan fingerprint density at radius 3 is 2.57 bits per heavy atom. The molecular weight excluding hydrogens is 274 g/mol. The van der Waals surface area contributed by atoms with E-state index in [1.54, 1.807) is 24.3 Å². The van der Waals surface area contributed by atoms with Gasteiger partial charge in [0, 0.05) is 12.7 Å². The molecule has 21 heavy (non-hydrogen) atoms. The largest absolute Gasteiger partial charge is 0.481 e. The fraction of sp³-hybridized carbons (Fsp3) is 0.143. The molecule has 1 amide bonds. The van der Waals surface area contributed by atoms with E-state index in [2.05, 4.69) is 15.3 Å². The number of nitrogens with one attached hydrogen (secondary N) is 2. The zero-order valence-electron chi connectivity index (χ0n) is 11.0. The first kappa shape index (κ1) is 14.4. The number of carbonyl (C=O) groups excluding carboxylic acids is 1. The van der Waals surface area contributed by atoms with E-state index < -0.39 is 17.4 Å². The maximum absolute atomic E-state index is 11.9. The smallest absolute Gasteiger partial charge is 0.307 e. The van der Waals surface area contributed by atoms with Gasteiger partial charge in [0.1, 0.15) is 5.69 Å². The highest BCUT2D eigenvalue weighted by atomic mass is 16.4. The molecule has 108 valence electrons. The SMILES string of the molecule is O=C(O)Cc1ccccc1CNC(=O)c1c[nH]c(=O)cn1. The molecule has 0 saturated carbocycles. The number of amides is 1. The lowest BCUT2D eigenvalue weighted by Crippen LogP contribution is -2.25. The van der Waals surface area contributed by atoms with E-state index in [4.69, 9.17) is 5.11 Å². The highest BCUT2D eigenvalue weighted by Crippen LogP contribution is 2.09. The Balaban J connectivity index is 2.06. The topological polar surface area (TPSA) is 112 Å². The molecule has 3 N–H and O–H groups in total. The van der Waals surface area contributed by atoms with Crippen LogP contribution in [0.2, 0.25) is 0 Å². The van der Waals surface area contributed by atoms with Crippen LogP contribution < -0.4 is 10.9 Å². The number of carboxylic acids is 1. The van der Waals surface area contributed by atoms with Crippen molar-refractivity contribution >= 4 is 11.9 Å². The summed E-state index contributed by atoms with van der Waals surface area (Å²) in [6.07, 6.45) is 2.14.